The van der Waals surface area contributed by atoms with E-state index in [2.05, 4.69) is 23.8 Å². The number of aromatic nitrogens is 2. The fourth-order valence-electron chi connectivity index (χ4n) is 1.62. The molecule has 0 atom stereocenters. The first-order chi connectivity index (χ1) is 8.60. The van der Waals surface area contributed by atoms with Crippen LogP contribution >= 0.6 is 11.6 Å². The maximum atomic E-state index is 6.04. The van der Waals surface area contributed by atoms with Crippen molar-refractivity contribution in [2.45, 2.75) is 19.8 Å². The molecule has 2 rings (SSSR count). The Hall–Kier alpha value is -1.61. The fourth-order valence-corrected chi connectivity index (χ4v) is 1.81. The SMILES string of the molecule is COc1cccc(-c2nc(Cl)cc(C(C)C)n2)c1. The highest BCUT2D eigenvalue weighted by Gasteiger charge is 2.09. The number of rotatable bonds is 3. The third kappa shape index (κ3) is 2.79. The minimum Gasteiger partial charge on any atom is -0.497 e. The second kappa shape index (κ2) is 5.36. The molecule has 2 aromatic rings. The lowest BCUT2D eigenvalue weighted by molar-refractivity contribution is 0.415. The van der Waals surface area contributed by atoms with Crippen molar-refractivity contribution in [3.8, 4) is 17.1 Å². The minimum absolute atomic E-state index is 0.315. The van der Waals surface area contributed by atoms with Crippen LogP contribution < -0.4 is 4.74 Å². The van der Waals surface area contributed by atoms with Gasteiger partial charge in [0.2, 0.25) is 0 Å². The van der Waals surface area contributed by atoms with Crippen molar-refractivity contribution >= 4 is 11.6 Å². The van der Waals surface area contributed by atoms with E-state index in [1.54, 1.807) is 13.2 Å². The van der Waals surface area contributed by atoms with Crippen LogP contribution in [0.3, 0.4) is 0 Å². The third-order valence-corrected chi connectivity index (χ3v) is 2.83. The van der Waals surface area contributed by atoms with Crippen molar-refractivity contribution in [3.63, 3.8) is 0 Å². The van der Waals surface area contributed by atoms with Crippen LogP contribution in [0, 0.1) is 0 Å². The molecule has 0 saturated carbocycles. The highest BCUT2D eigenvalue weighted by Crippen LogP contribution is 2.24. The van der Waals surface area contributed by atoms with Crippen molar-refractivity contribution in [2.24, 2.45) is 0 Å². The van der Waals surface area contributed by atoms with Crippen molar-refractivity contribution in [3.05, 3.63) is 41.2 Å². The summed E-state index contributed by atoms with van der Waals surface area (Å²) in [7, 11) is 1.64. The standard InChI is InChI=1S/C14H15ClN2O/c1-9(2)12-8-13(15)17-14(16-12)10-5-4-6-11(7-10)18-3/h4-9H,1-3H3. The lowest BCUT2D eigenvalue weighted by Crippen LogP contribution is -1.98. The average molecular weight is 263 g/mol. The number of hydrogen-bond acceptors (Lipinski definition) is 3. The minimum atomic E-state index is 0.315. The number of benzene rings is 1. The Morgan fingerprint density at radius 1 is 1.17 bits per heavy atom. The maximum absolute atomic E-state index is 6.04. The zero-order valence-electron chi connectivity index (χ0n) is 10.6. The molecule has 0 aliphatic heterocycles. The summed E-state index contributed by atoms with van der Waals surface area (Å²) >= 11 is 6.04. The van der Waals surface area contributed by atoms with Crippen molar-refractivity contribution in [2.75, 3.05) is 7.11 Å². The lowest BCUT2D eigenvalue weighted by atomic mass is 10.1. The molecule has 0 aliphatic rings. The van der Waals surface area contributed by atoms with Gasteiger partial charge in [-0.25, -0.2) is 9.97 Å². The lowest BCUT2D eigenvalue weighted by Gasteiger charge is -2.08. The molecular formula is C14H15ClN2O. The van der Waals surface area contributed by atoms with Crippen molar-refractivity contribution < 1.29 is 4.74 Å². The topological polar surface area (TPSA) is 35.0 Å². The van der Waals surface area contributed by atoms with E-state index < -0.39 is 0 Å². The molecule has 1 aromatic carbocycles. The van der Waals surface area contributed by atoms with E-state index in [9.17, 15) is 0 Å². The zero-order valence-corrected chi connectivity index (χ0v) is 11.4. The van der Waals surface area contributed by atoms with Gasteiger partial charge in [0.15, 0.2) is 5.82 Å². The second-order valence-electron chi connectivity index (χ2n) is 4.33. The summed E-state index contributed by atoms with van der Waals surface area (Å²) in [5.41, 5.74) is 1.84. The largest absolute Gasteiger partial charge is 0.497 e. The molecule has 0 spiro atoms. The molecule has 18 heavy (non-hydrogen) atoms. The summed E-state index contributed by atoms with van der Waals surface area (Å²) in [6.45, 7) is 4.15. The average Bonchev–Trinajstić information content (AvgIpc) is 2.38. The third-order valence-electron chi connectivity index (χ3n) is 2.63. The Balaban J connectivity index is 2.49. The van der Waals surface area contributed by atoms with Gasteiger partial charge in [0, 0.05) is 11.3 Å². The van der Waals surface area contributed by atoms with Crippen molar-refractivity contribution in [1.29, 1.82) is 0 Å². The molecule has 4 heteroatoms. The number of hydrogen-bond donors (Lipinski definition) is 0. The number of ether oxygens (including phenoxy) is 1. The van der Waals surface area contributed by atoms with Crippen molar-refractivity contribution in [1.82, 2.24) is 9.97 Å². The normalized spacial score (nSPS) is 10.7. The first kappa shape index (κ1) is 12.8. The van der Waals surface area contributed by atoms with E-state index in [0.717, 1.165) is 17.0 Å². The van der Waals surface area contributed by atoms with Gasteiger partial charge in [-0.05, 0) is 24.1 Å². The van der Waals surface area contributed by atoms with Gasteiger partial charge in [0.25, 0.3) is 0 Å². The Kier molecular flexibility index (Phi) is 3.82. The zero-order chi connectivity index (χ0) is 13.1. The molecule has 0 saturated heterocycles. The van der Waals surface area contributed by atoms with Gasteiger partial charge in [-0.15, -0.1) is 0 Å². The molecule has 1 heterocycles. The highest BCUT2D eigenvalue weighted by atomic mass is 35.5. The Morgan fingerprint density at radius 2 is 1.94 bits per heavy atom. The van der Waals surface area contributed by atoms with E-state index in [0.29, 0.717) is 16.9 Å². The molecule has 0 radical (unpaired) electrons. The van der Waals surface area contributed by atoms with Crippen LogP contribution in [0.1, 0.15) is 25.5 Å². The van der Waals surface area contributed by atoms with Gasteiger partial charge >= 0.3 is 0 Å². The predicted molar refractivity (Wildman–Crippen MR) is 73.1 cm³/mol. The van der Waals surface area contributed by atoms with E-state index in [1.165, 1.54) is 0 Å². The Bertz CT molecular complexity index is 555. The van der Waals surface area contributed by atoms with E-state index in [1.807, 2.05) is 24.3 Å². The number of halogens is 1. The van der Waals surface area contributed by atoms with Crippen LogP contribution in [0.15, 0.2) is 30.3 Å². The van der Waals surface area contributed by atoms with Crippen LogP contribution in [-0.4, -0.2) is 17.1 Å². The molecule has 0 amide bonds. The van der Waals surface area contributed by atoms with Gasteiger partial charge in [0.1, 0.15) is 10.9 Å². The summed E-state index contributed by atoms with van der Waals surface area (Å²) in [6, 6.07) is 9.44. The van der Waals surface area contributed by atoms with Gasteiger partial charge in [-0.2, -0.15) is 0 Å². The highest BCUT2D eigenvalue weighted by molar-refractivity contribution is 6.29. The smallest absolute Gasteiger partial charge is 0.161 e. The monoisotopic (exact) mass is 262 g/mol. The first-order valence-electron chi connectivity index (χ1n) is 5.79. The van der Waals surface area contributed by atoms with Crippen LogP contribution in [0.5, 0.6) is 5.75 Å². The van der Waals surface area contributed by atoms with Crippen LogP contribution in [0.25, 0.3) is 11.4 Å². The van der Waals surface area contributed by atoms with E-state index in [4.69, 9.17) is 16.3 Å². The summed E-state index contributed by atoms with van der Waals surface area (Å²) in [5, 5.41) is 0.464. The molecule has 0 N–H and O–H groups in total. The molecule has 0 fully saturated rings. The fraction of sp³-hybridized carbons (Fsp3) is 0.286. The number of methoxy groups -OCH3 is 1. The first-order valence-corrected chi connectivity index (χ1v) is 6.17. The molecule has 1 aromatic heterocycles. The molecule has 0 bridgehead atoms. The van der Waals surface area contributed by atoms with Gasteiger partial charge in [-0.1, -0.05) is 37.6 Å². The predicted octanol–water partition coefficient (Wildman–Crippen LogP) is 3.93. The van der Waals surface area contributed by atoms with Crippen LogP contribution in [0.4, 0.5) is 0 Å². The van der Waals surface area contributed by atoms with Gasteiger partial charge in [-0.3, -0.25) is 0 Å². The Morgan fingerprint density at radius 3 is 2.61 bits per heavy atom. The van der Waals surface area contributed by atoms with E-state index >= 15 is 0 Å². The van der Waals surface area contributed by atoms with Gasteiger partial charge < -0.3 is 4.74 Å². The summed E-state index contributed by atoms with van der Waals surface area (Å²) in [6.07, 6.45) is 0. The number of nitrogens with zero attached hydrogens (tertiary/aromatic N) is 2. The van der Waals surface area contributed by atoms with Gasteiger partial charge in [0.05, 0.1) is 7.11 Å². The summed E-state index contributed by atoms with van der Waals surface area (Å²) < 4.78 is 5.20. The molecule has 94 valence electrons. The molecular weight excluding hydrogens is 248 g/mol. The second-order valence-corrected chi connectivity index (χ2v) is 4.71. The molecule has 0 unspecified atom stereocenters. The summed E-state index contributed by atoms with van der Waals surface area (Å²) in [4.78, 5) is 8.79. The van der Waals surface area contributed by atoms with E-state index in [-0.39, 0.29) is 0 Å². The summed E-state index contributed by atoms with van der Waals surface area (Å²) in [5.74, 6) is 1.72. The van der Waals surface area contributed by atoms with Crippen LogP contribution in [-0.2, 0) is 0 Å². The van der Waals surface area contributed by atoms with Crippen LogP contribution in [0.2, 0.25) is 5.15 Å². The molecule has 0 aliphatic carbocycles. The Labute approximate surface area is 112 Å². The maximum Gasteiger partial charge on any atom is 0.161 e. The molecule has 3 nitrogen and oxygen atoms in total. The quantitative estimate of drug-likeness (QED) is 0.786.